The second-order valence-electron chi connectivity index (χ2n) is 7.50. The van der Waals surface area contributed by atoms with Crippen LogP contribution in [0.5, 0.6) is 0 Å². The maximum Gasteiger partial charge on any atom is 0.230 e. The van der Waals surface area contributed by atoms with Crippen LogP contribution in [-0.2, 0) is 21.5 Å². The summed E-state index contributed by atoms with van der Waals surface area (Å²) in [4.78, 5) is 17.4. The molecule has 1 N–H and O–H groups in total. The topological polar surface area (TPSA) is 56.1 Å². The minimum absolute atomic E-state index is 0.161. The Morgan fingerprint density at radius 2 is 2.00 bits per heavy atom. The Morgan fingerprint density at radius 1 is 1.27 bits per heavy atom. The number of carbonyl (C=O) groups is 1. The van der Waals surface area contributed by atoms with Gasteiger partial charge >= 0.3 is 0 Å². The van der Waals surface area contributed by atoms with Crippen molar-refractivity contribution in [1.29, 1.82) is 0 Å². The van der Waals surface area contributed by atoms with E-state index in [1.165, 1.54) is 0 Å². The van der Waals surface area contributed by atoms with Gasteiger partial charge in [-0.3, -0.25) is 4.79 Å². The number of nitrogens with one attached hydrogen (secondary N) is 1. The van der Waals surface area contributed by atoms with Crippen LogP contribution in [0.2, 0.25) is 0 Å². The molecule has 1 amide bonds. The summed E-state index contributed by atoms with van der Waals surface area (Å²) in [5, 5.41) is 3.17. The van der Waals surface area contributed by atoms with E-state index in [2.05, 4.69) is 33.9 Å². The minimum Gasteiger partial charge on any atom is -0.381 e. The molecule has 1 saturated carbocycles. The second kappa shape index (κ2) is 7.23. The van der Waals surface area contributed by atoms with E-state index in [0.29, 0.717) is 12.5 Å². The maximum atomic E-state index is 12.8. The number of benzene rings is 1. The molecule has 1 aliphatic heterocycles. The van der Waals surface area contributed by atoms with E-state index < -0.39 is 0 Å². The fourth-order valence-corrected chi connectivity index (χ4v) is 4.03. The third kappa shape index (κ3) is 3.28. The normalized spacial score (nSPS) is 19.3. The van der Waals surface area contributed by atoms with E-state index in [0.717, 1.165) is 62.5 Å². The molecule has 0 bridgehead atoms. The molecule has 0 radical (unpaired) electrons. The first-order chi connectivity index (χ1) is 12.7. The summed E-state index contributed by atoms with van der Waals surface area (Å²) in [5.74, 6) is 1.77. The number of hydrogen-bond donors (Lipinski definition) is 1. The predicted molar refractivity (Wildman–Crippen MR) is 100 cm³/mol. The highest BCUT2D eigenvalue weighted by molar-refractivity contribution is 5.91. The van der Waals surface area contributed by atoms with Crippen molar-refractivity contribution < 1.29 is 9.53 Å². The molecular weight excluding hydrogens is 326 g/mol. The van der Waals surface area contributed by atoms with Gasteiger partial charge in [-0.25, -0.2) is 4.98 Å². The lowest BCUT2D eigenvalue weighted by atomic mass is 9.95. The molecule has 138 valence electrons. The Bertz CT molecular complexity index is 759. The maximum absolute atomic E-state index is 12.8. The SMILES string of the molecule is Cc1cnc(C2CCOCC2)n1CCNC(=O)C1(c2ccccc2)CC1. The van der Waals surface area contributed by atoms with Crippen molar-refractivity contribution in [3.05, 3.63) is 53.6 Å². The molecule has 0 spiro atoms. The van der Waals surface area contributed by atoms with Gasteiger partial charge in [-0.1, -0.05) is 30.3 Å². The predicted octanol–water partition coefficient (Wildman–Crippen LogP) is 2.93. The highest BCUT2D eigenvalue weighted by Gasteiger charge is 2.50. The molecule has 2 aromatic rings. The largest absolute Gasteiger partial charge is 0.381 e. The number of nitrogens with zero attached hydrogens (tertiary/aromatic N) is 2. The van der Waals surface area contributed by atoms with Crippen LogP contribution in [0.3, 0.4) is 0 Å². The Balaban J connectivity index is 1.38. The van der Waals surface area contributed by atoms with Crippen molar-refractivity contribution in [3.63, 3.8) is 0 Å². The zero-order valence-corrected chi connectivity index (χ0v) is 15.4. The summed E-state index contributed by atoms with van der Waals surface area (Å²) >= 11 is 0. The smallest absolute Gasteiger partial charge is 0.230 e. The van der Waals surface area contributed by atoms with Crippen molar-refractivity contribution in [1.82, 2.24) is 14.9 Å². The first kappa shape index (κ1) is 17.3. The van der Waals surface area contributed by atoms with Crippen molar-refractivity contribution >= 4 is 5.91 Å². The molecule has 2 heterocycles. The van der Waals surface area contributed by atoms with Crippen LogP contribution in [0.25, 0.3) is 0 Å². The molecule has 4 rings (SSSR count). The van der Waals surface area contributed by atoms with Crippen LogP contribution in [0.15, 0.2) is 36.5 Å². The molecule has 26 heavy (non-hydrogen) atoms. The van der Waals surface area contributed by atoms with Gasteiger partial charge in [-0.2, -0.15) is 0 Å². The van der Waals surface area contributed by atoms with Crippen LogP contribution < -0.4 is 5.32 Å². The number of ether oxygens (including phenoxy) is 1. The first-order valence-corrected chi connectivity index (χ1v) is 9.64. The van der Waals surface area contributed by atoms with Crippen molar-refractivity contribution in [3.8, 4) is 0 Å². The van der Waals surface area contributed by atoms with Gasteiger partial charge in [0, 0.05) is 44.1 Å². The fraction of sp³-hybridized carbons (Fsp3) is 0.524. The number of amides is 1. The van der Waals surface area contributed by atoms with Crippen LogP contribution in [0.4, 0.5) is 0 Å². The number of aromatic nitrogens is 2. The molecular formula is C21H27N3O2. The molecule has 0 unspecified atom stereocenters. The van der Waals surface area contributed by atoms with Gasteiger partial charge in [-0.05, 0) is 38.2 Å². The van der Waals surface area contributed by atoms with Gasteiger partial charge in [0.05, 0.1) is 5.41 Å². The highest BCUT2D eigenvalue weighted by atomic mass is 16.5. The van der Waals surface area contributed by atoms with Gasteiger partial charge in [0.1, 0.15) is 5.82 Å². The first-order valence-electron chi connectivity index (χ1n) is 9.64. The summed E-state index contributed by atoms with van der Waals surface area (Å²) in [5.41, 5.74) is 2.00. The molecule has 5 heteroatoms. The van der Waals surface area contributed by atoms with E-state index in [9.17, 15) is 4.79 Å². The minimum atomic E-state index is -0.297. The van der Waals surface area contributed by atoms with Gasteiger partial charge in [0.15, 0.2) is 0 Å². The summed E-state index contributed by atoms with van der Waals surface area (Å²) in [6.45, 7) is 5.12. The third-order valence-electron chi connectivity index (χ3n) is 5.80. The van der Waals surface area contributed by atoms with Crippen LogP contribution in [-0.4, -0.2) is 35.2 Å². The van der Waals surface area contributed by atoms with Gasteiger partial charge in [0.25, 0.3) is 0 Å². The summed E-state index contributed by atoms with van der Waals surface area (Å²) in [7, 11) is 0. The zero-order valence-electron chi connectivity index (χ0n) is 15.4. The molecule has 1 aliphatic carbocycles. The average molecular weight is 353 g/mol. The monoisotopic (exact) mass is 353 g/mol. The van der Waals surface area contributed by atoms with Crippen LogP contribution in [0.1, 0.15) is 48.7 Å². The van der Waals surface area contributed by atoms with Gasteiger partial charge in [0.2, 0.25) is 5.91 Å². The molecule has 2 fully saturated rings. The van der Waals surface area contributed by atoms with Gasteiger partial charge in [-0.15, -0.1) is 0 Å². The van der Waals surface area contributed by atoms with E-state index >= 15 is 0 Å². The zero-order chi connectivity index (χ0) is 18.0. The number of hydrogen-bond acceptors (Lipinski definition) is 3. The van der Waals surface area contributed by atoms with Crippen LogP contribution in [0, 0.1) is 6.92 Å². The molecule has 1 aromatic heterocycles. The second-order valence-corrected chi connectivity index (χ2v) is 7.50. The Kier molecular flexibility index (Phi) is 4.81. The van der Waals surface area contributed by atoms with Crippen LogP contribution >= 0.6 is 0 Å². The molecule has 1 saturated heterocycles. The Morgan fingerprint density at radius 3 is 2.69 bits per heavy atom. The van der Waals surface area contributed by atoms with Gasteiger partial charge < -0.3 is 14.6 Å². The van der Waals surface area contributed by atoms with E-state index in [1.807, 2.05) is 24.4 Å². The molecule has 1 aromatic carbocycles. The summed E-state index contributed by atoms with van der Waals surface area (Å²) in [6.07, 6.45) is 5.89. The quantitative estimate of drug-likeness (QED) is 0.869. The molecule has 5 nitrogen and oxygen atoms in total. The summed E-state index contributed by atoms with van der Waals surface area (Å²) < 4.78 is 7.74. The van der Waals surface area contributed by atoms with Crippen molar-refractivity contribution in [2.45, 2.75) is 50.5 Å². The fourth-order valence-electron chi connectivity index (χ4n) is 4.03. The lowest BCUT2D eigenvalue weighted by Gasteiger charge is -2.23. The van der Waals surface area contributed by atoms with E-state index in [-0.39, 0.29) is 11.3 Å². The number of aryl methyl sites for hydroxylation is 1. The molecule has 0 atom stereocenters. The average Bonchev–Trinajstić information content (AvgIpc) is 3.43. The number of rotatable bonds is 6. The lowest BCUT2D eigenvalue weighted by Crippen LogP contribution is -2.37. The highest BCUT2D eigenvalue weighted by Crippen LogP contribution is 2.48. The molecule has 2 aliphatic rings. The number of carbonyl (C=O) groups excluding carboxylic acids is 1. The standard InChI is InChI=1S/C21H27N3O2/c1-16-15-23-19(17-7-13-26-14-8-17)24(16)12-11-22-20(25)21(9-10-21)18-5-3-2-4-6-18/h2-6,15,17H,7-14H2,1H3,(H,22,25). The van der Waals surface area contributed by atoms with E-state index in [1.54, 1.807) is 0 Å². The van der Waals surface area contributed by atoms with Crippen molar-refractivity contribution in [2.75, 3.05) is 19.8 Å². The Labute approximate surface area is 154 Å². The number of imidazole rings is 1. The van der Waals surface area contributed by atoms with E-state index in [4.69, 9.17) is 4.74 Å². The Hall–Kier alpha value is -2.14. The third-order valence-corrected chi connectivity index (χ3v) is 5.80. The lowest BCUT2D eigenvalue weighted by molar-refractivity contribution is -0.123. The summed E-state index contributed by atoms with van der Waals surface area (Å²) in [6, 6.07) is 10.2. The van der Waals surface area contributed by atoms with Crippen molar-refractivity contribution in [2.24, 2.45) is 0 Å².